The average molecular weight is 441 g/mol. The molecule has 6 heteroatoms. The molecule has 2 heterocycles. The van der Waals surface area contributed by atoms with E-state index in [2.05, 4.69) is 52.3 Å². The van der Waals surface area contributed by atoms with E-state index >= 15 is 0 Å². The van der Waals surface area contributed by atoms with Crippen LogP contribution in [0.4, 0.5) is 5.82 Å². The minimum absolute atomic E-state index is 0.760. The van der Waals surface area contributed by atoms with Crippen LogP contribution < -0.4 is 14.4 Å². The second kappa shape index (κ2) is 9.46. The fraction of sp³-hybridized carbons (Fsp3) is 0.259. The van der Waals surface area contributed by atoms with Gasteiger partial charge in [-0.15, -0.1) is 0 Å². The topological polar surface area (TPSA) is 50.7 Å². The minimum atomic E-state index is 0.760. The monoisotopic (exact) mass is 440 g/mol. The zero-order valence-electron chi connectivity index (χ0n) is 19.1. The Hall–Kier alpha value is -3.64. The van der Waals surface area contributed by atoms with Gasteiger partial charge in [0.15, 0.2) is 17.3 Å². The van der Waals surface area contributed by atoms with Crippen LogP contribution in [-0.4, -0.2) is 55.3 Å². The fourth-order valence-electron chi connectivity index (χ4n) is 4.37. The first kappa shape index (κ1) is 21.2. The van der Waals surface area contributed by atoms with E-state index in [-0.39, 0.29) is 0 Å². The molecule has 0 N–H and O–H groups in total. The van der Waals surface area contributed by atoms with Crippen LogP contribution in [0.25, 0.3) is 22.3 Å². The Balaban J connectivity index is 1.35. The number of anilines is 1. The molecule has 0 amide bonds. The number of hydrogen-bond donors (Lipinski definition) is 0. The van der Waals surface area contributed by atoms with Crippen molar-refractivity contribution in [2.75, 3.05) is 45.3 Å². The van der Waals surface area contributed by atoms with Gasteiger partial charge in [0.1, 0.15) is 5.82 Å². The van der Waals surface area contributed by atoms with Crippen molar-refractivity contribution >= 4 is 16.7 Å². The molecular formula is C27H28N4O2. The molecule has 0 radical (unpaired) electrons. The van der Waals surface area contributed by atoms with Crippen molar-refractivity contribution in [2.24, 2.45) is 0 Å². The zero-order valence-corrected chi connectivity index (χ0v) is 19.1. The third-order valence-electron chi connectivity index (χ3n) is 6.14. The van der Waals surface area contributed by atoms with Crippen LogP contribution in [0.15, 0.2) is 72.8 Å². The first-order chi connectivity index (χ1) is 16.2. The summed E-state index contributed by atoms with van der Waals surface area (Å²) < 4.78 is 10.8. The molecule has 0 spiro atoms. The molecule has 1 aliphatic rings. The van der Waals surface area contributed by atoms with Crippen LogP contribution in [0.1, 0.15) is 5.56 Å². The Morgan fingerprint density at radius 1 is 0.758 bits per heavy atom. The molecule has 4 aromatic rings. The summed E-state index contributed by atoms with van der Waals surface area (Å²) in [5, 5.41) is 1.10. The van der Waals surface area contributed by atoms with Gasteiger partial charge in [0.25, 0.3) is 0 Å². The highest BCUT2D eigenvalue weighted by atomic mass is 16.5. The van der Waals surface area contributed by atoms with Gasteiger partial charge in [-0.05, 0) is 29.8 Å². The number of hydrogen-bond acceptors (Lipinski definition) is 6. The summed E-state index contributed by atoms with van der Waals surface area (Å²) >= 11 is 0. The lowest BCUT2D eigenvalue weighted by atomic mass is 10.1. The molecular weight excluding hydrogens is 412 g/mol. The van der Waals surface area contributed by atoms with Crippen LogP contribution in [0, 0.1) is 0 Å². The normalized spacial score (nSPS) is 14.4. The minimum Gasteiger partial charge on any atom is -0.493 e. The van der Waals surface area contributed by atoms with Crippen LogP contribution >= 0.6 is 0 Å². The van der Waals surface area contributed by atoms with Gasteiger partial charge in [0, 0.05) is 43.7 Å². The molecule has 0 saturated carbocycles. The Morgan fingerprint density at radius 2 is 1.48 bits per heavy atom. The van der Waals surface area contributed by atoms with Gasteiger partial charge in [0.05, 0.1) is 19.7 Å². The predicted molar refractivity (Wildman–Crippen MR) is 132 cm³/mol. The molecule has 3 aromatic carbocycles. The highest BCUT2D eigenvalue weighted by Gasteiger charge is 2.21. The molecule has 0 aliphatic carbocycles. The van der Waals surface area contributed by atoms with Crippen molar-refractivity contribution in [2.45, 2.75) is 6.54 Å². The summed E-state index contributed by atoms with van der Waals surface area (Å²) in [5.74, 6) is 3.33. The third-order valence-corrected chi connectivity index (χ3v) is 6.14. The summed E-state index contributed by atoms with van der Waals surface area (Å²) in [6.07, 6.45) is 0. The highest BCUT2D eigenvalue weighted by Crippen LogP contribution is 2.30. The van der Waals surface area contributed by atoms with Crippen LogP contribution in [-0.2, 0) is 6.54 Å². The molecule has 0 atom stereocenters. The molecule has 33 heavy (non-hydrogen) atoms. The maximum atomic E-state index is 5.46. The van der Waals surface area contributed by atoms with Gasteiger partial charge in [0.2, 0.25) is 0 Å². The van der Waals surface area contributed by atoms with Crippen molar-refractivity contribution in [3.63, 3.8) is 0 Å². The zero-order chi connectivity index (χ0) is 22.6. The molecule has 168 valence electrons. The van der Waals surface area contributed by atoms with Gasteiger partial charge >= 0.3 is 0 Å². The number of piperazine rings is 1. The highest BCUT2D eigenvalue weighted by molar-refractivity contribution is 5.91. The molecule has 1 fully saturated rings. The van der Waals surface area contributed by atoms with Crippen molar-refractivity contribution in [1.82, 2.24) is 14.9 Å². The van der Waals surface area contributed by atoms with Crippen molar-refractivity contribution in [3.05, 3.63) is 78.4 Å². The Labute approximate surface area is 194 Å². The molecule has 1 aliphatic heterocycles. The SMILES string of the molecule is COc1ccc(CN2CCN(c3nc(-c4ccccc4)nc4ccccc34)CC2)cc1OC. The van der Waals surface area contributed by atoms with E-state index in [1.165, 1.54) is 5.56 Å². The van der Waals surface area contributed by atoms with Gasteiger partial charge in [-0.25, -0.2) is 9.97 Å². The van der Waals surface area contributed by atoms with E-state index in [9.17, 15) is 0 Å². The van der Waals surface area contributed by atoms with Crippen molar-refractivity contribution < 1.29 is 9.47 Å². The fourth-order valence-corrected chi connectivity index (χ4v) is 4.37. The number of benzene rings is 3. The maximum absolute atomic E-state index is 5.46. The van der Waals surface area contributed by atoms with Crippen molar-refractivity contribution in [1.29, 1.82) is 0 Å². The van der Waals surface area contributed by atoms with E-state index in [4.69, 9.17) is 19.4 Å². The molecule has 6 nitrogen and oxygen atoms in total. The molecule has 5 rings (SSSR count). The standard InChI is InChI=1S/C27H28N4O2/c1-32-24-13-12-20(18-25(24)33-2)19-30-14-16-31(17-15-30)27-22-10-6-7-11-23(22)28-26(29-27)21-8-4-3-5-9-21/h3-13,18H,14-17,19H2,1-2H3. The number of ether oxygens (including phenoxy) is 2. The molecule has 1 saturated heterocycles. The van der Waals surface area contributed by atoms with Gasteiger partial charge < -0.3 is 14.4 Å². The Morgan fingerprint density at radius 3 is 2.24 bits per heavy atom. The number of rotatable bonds is 6. The van der Waals surface area contributed by atoms with Gasteiger partial charge in [-0.3, -0.25) is 4.90 Å². The first-order valence-electron chi connectivity index (χ1n) is 11.3. The lowest BCUT2D eigenvalue weighted by molar-refractivity contribution is 0.249. The molecule has 1 aromatic heterocycles. The summed E-state index contributed by atoms with van der Waals surface area (Å²) in [6.45, 7) is 4.65. The van der Waals surface area contributed by atoms with Crippen molar-refractivity contribution in [3.8, 4) is 22.9 Å². The van der Waals surface area contributed by atoms with Crippen LogP contribution in [0.2, 0.25) is 0 Å². The lowest BCUT2D eigenvalue weighted by Crippen LogP contribution is -2.46. The number of aromatic nitrogens is 2. The smallest absolute Gasteiger partial charge is 0.162 e. The number of fused-ring (bicyclic) bond motifs is 1. The van der Waals surface area contributed by atoms with E-state index in [1.54, 1.807) is 14.2 Å². The molecule has 0 bridgehead atoms. The first-order valence-corrected chi connectivity index (χ1v) is 11.3. The maximum Gasteiger partial charge on any atom is 0.162 e. The number of para-hydroxylation sites is 1. The predicted octanol–water partition coefficient (Wildman–Crippen LogP) is 4.64. The van der Waals surface area contributed by atoms with Gasteiger partial charge in [-0.1, -0.05) is 48.5 Å². The van der Waals surface area contributed by atoms with Crippen LogP contribution in [0.5, 0.6) is 11.5 Å². The lowest BCUT2D eigenvalue weighted by Gasteiger charge is -2.36. The van der Waals surface area contributed by atoms with E-state index in [0.717, 1.165) is 72.3 Å². The number of methoxy groups -OCH3 is 2. The summed E-state index contributed by atoms with van der Waals surface area (Å²) in [7, 11) is 3.34. The second-order valence-electron chi connectivity index (χ2n) is 8.21. The Bertz CT molecular complexity index is 1240. The number of nitrogens with zero attached hydrogens (tertiary/aromatic N) is 4. The van der Waals surface area contributed by atoms with E-state index < -0.39 is 0 Å². The average Bonchev–Trinajstić information content (AvgIpc) is 2.89. The Kier molecular flexibility index (Phi) is 6.09. The van der Waals surface area contributed by atoms with E-state index in [0.29, 0.717) is 0 Å². The largest absolute Gasteiger partial charge is 0.493 e. The quantitative estimate of drug-likeness (QED) is 0.436. The summed E-state index contributed by atoms with van der Waals surface area (Å²) in [4.78, 5) is 14.7. The van der Waals surface area contributed by atoms with Crippen LogP contribution in [0.3, 0.4) is 0 Å². The molecule has 0 unspecified atom stereocenters. The van der Waals surface area contributed by atoms with E-state index in [1.807, 2.05) is 30.3 Å². The third kappa shape index (κ3) is 4.47. The second-order valence-corrected chi connectivity index (χ2v) is 8.21. The van der Waals surface area contributed by atoms with Gasteiger partial charge in [-0.2, -0.15) is 0 Å². The summed E-state index contributed by atoms with van der Waals surface area (Å²) in [5.41, 5.74) is 3.24. The summed E-state index contributed by atoms with van der Waals surface area (Å²) in [6, 6.07) is 24.6.